The molecule has 0 atom stereocenters. The van der Waals surface area contributed by atoms with Crippen molar-refractivity contribution in [3.63, 3.8) is 0 Å². The number of aromatic nitrogens is 2. The van der Waals surface area contributed by atoms with E-state index in [1.165, 1.54) is 11.8 Å². The SMILES string of the molecule is CCCNc1ncc(F)c(Nc2ccc(C)cc2C)n1. The Morgan fingerprint density at radius 2 is 2.05 bits per heavy atom. The van der Waals surface area contributed by atoms with Crippen LogP contribution in [0.2, 0.25) is 0 Å². The minimum atomic E-state index is -0.466. The van der Waals surface area contributed by atoms with E-state index in [1.54, 1.807) is 0 Å². The van der Waals surface area contributed by atoms with Crippen molar-refractivity contribution in [1.29, 1.82) is 0 Å². The molecule has 0 unspecified atom stereocenters. The van der Waals surface area contributed by atoms with Crippen LogP contribution in [0.25, 0.3) is 0 Å². The quantitative estimate of drug-likeness (QED) is 0.870. The fourth-order valence-corrected chi connectivity index (χ4v) is 1.86. The van der Waals surface area contributed by atoms with Gasteiger partial charge < -0.3 is 10.6 Å². The molecule has 1 aromatic heterocycles. The van der Waals surface area contributed by atoms with E-state index in [-0.39, 0.29) is 5.82 Å². The highest BCUT2D eigenvalue weighted by atomic mass is 19.1. The zero-order chi connectivity index (χ0) is 14.5. The van der Waals surface area contributed by atoms with E-state index in [9.17, 15) is 4.39 Å². The van der Waals surface area contributed by atoms with Gasteiger partial charge in [-0.3, -0.25) is 0 Å². The first-order valence-corrected chi connectivity index (χ1v) is 6.71. The molecule has 0 bridgehead atoms. The molecule has 106 valence electrons. The Morgan fingerprint density at radius 3 is 2.75 bits per heavy atom. The zero-order valence-corrected chi connectivity index (χ0v) is 12.0. The summed E-state index contributed by atoms with van der Waals surface area (Å²) in [7, 11) is 0. The van der Waals surface area contributed by atoms with Crippen molar-refractivity contribution >= 4 is 17.5 Å². The molecule has 1 aromatic carbocycles. The minimum absolute atomic E-state index is 0.186. The van der Waals surface area contributed by atoms with Gasteiger partial charge >= 0.3 is 0 Å². The summed E-state index contributed by atoms with van der Waals surface area (Å²) >= 11 is 0. The molecule has 4 nitrogen and oxygen atoms in total. The minimum Gasteiger partial charge on any atom is -0.354 e. The van der Waals surface area contributed by atoms with Crippen molar-refractivity contribution in [2.75, 3.05) is 17.2 Å². The van der Waals surface area contributed by atoms with Crippen molar-refractivity contribution in [3.05, 3.63) is 41.3 Å². The second kappa shape index (κ2) is 6.32. The van der Waals surface area contributed by atoms with E-state index in [0.717, 1.165) is 24.2 Å². The summed E-state index contributed by atoms with van der Waals surface area (Å²) < 4.78 is 13.8. The third-order valence-corrected chi connectivity index (χ3v) is 2.91. The molecule has 0 radical (unpaired) electrons. The largest absolute Gasteiger partial charge is 0.354 e. The molecule has 0 aliphatic carbocycles. The molecule has 0 aliphatic rings. The summed E-state index contributed by atoms with van der Waals surface area (Å²) in [6, 6.07) is 5.94. The zero-order valence-electron chi connectivity index (χ0n) is 12.0. The predicted molar refractivity (Wildman–Crippen MR) is 80.0 cm³/mol. The first-order chi connectivity index (χ1) is 9.60. The van der Waals surface area contributed by atoms with Gasteiger partial charge in [0.15, 0.2) is 11.6 Å². The summed E-state index contributed by atoms with van der Waals surface area (Å²) in [4.78, 5) is 8.08. The van der Waals surface area contributed by atoms with Crippen LogP contribution >= 0.6 is 0 Å². The number of hydrogen-bond donors (Lipinski definition) is 2. The third kappa shape index (κ3) is 3.44. The maximum atomic E-state index is 13.8. The number of anilines is 3. The van der Waals surface area contributed by atoms with E-state index < -0.39 is 5.82 Å². The molecule has 0 saturated heterocycles. The summed E-state index contributed by atoms with van der Waals surface area (Å²) in [6.07, 6.45) is 2.14. The van der Waals surface area contributed by atoms with Gasteiger partial charge in [0.2, 0.25) is 5.95 Å². The van der Waals surface area contributed by atoms with Gasteiger partial charge in [-0.1, -0.05) is 24.6 Å². The van der Waals surface area contributed by atoms with Crippen molar-refractivity contribution < 1.29 is 4.39 Å². The number of halogens is 1. The van der Waals surface area contributed by atoms with Crippen LogP contribution in [0.15, 0.2) is 24.4 Å². The van der Waals surface area contributed by atoms with Gasteiger partial charge in [0, 0.05) is 12.2 Å². The number of nitrogens with zero attached hydrogens (tertiary/aromatic N) is 2. The highest BCUT2D eigenvalue weighted by Gasteiger charge is 2.08. The Hall–Kier alpha value is -2.17. The molecular weight excluding hydrogens is 255 g/mol. The monoisotopic (exact) mass is 274 g/mol. The maximum absolute atomic E-state index is 13.8. The van der Waals surface area contributed by atoms with E-state index in [0.29, 0.717) is 5.95 Å². The molecule has 0 fully saturated rings. The van der Waals surface area contributed by atoms with E-state index in [1.807, 2.05) is 39.0 Å². The lowest BCUT2D eigenvalue weighted by atomic mass is 10.1. The van der Waals surface area contributed by atoms with Crippen molar-refractivity contribution in [2.24, 2.45) is 0 Å². The normalized spacial score (nSPS) is 10.4. The summed E-state index contributed by atoms with van der Waals surface area (Å²) in [5, 5.41) is 6.06. The van der Waals surface area contributed by atoms with E-state index in [4.69, 9.17) is 0 Å². The first-order valence-electron chi connectivity index (χ1n) is 6.71. The summed E-state index contributed by atoms with van der Waals surface area (Å²) in [5.41, 5.74) is 3.06. The van der Waals surface area contributed by atoms with Gasteiger partial charge in [0.1, 0.15) is 0 Å². The van der Waals surface area contributed by atoms with Crippen LogP contribution in [0.3, 0.4) is 0 Å². The Morgan fingerprint density at radius 1 is 1.25 bits per heavy atom. The number of nitrogens with one attached hydrogen (secondary N) is 2. The first kappa shape index (κ1) is 14.2. The molecule has 2 N–H and O–H groups in total. The molecule has 2 aromatic rings. The molecule has 5 heteroatoms. The van der Waals surface area contributed by atoms with Crippen LogP contribution in [-0.2, 0) is 0 Å². The fourth-order valence-electron chi connectivity index (χ4n) is 1.86. The number of aryl methyl sites for hydroxylation is 2. The lowest BCUT2D eigenvalue weighted by molar-refractivity contribution is 0.619. The molecule has 2 rings (SSSR count). The van der Waals surface area contributed by atoms with Gasteiger partial charge in [-0.25, -0.2) is 9.37 Å². The summed E-state index contributed by atoms with van der Waals surface area (Å²) in [5.74, 6) is 0.151. The van der Waals surface area contributed by atoms with Crippen LogP contribution in [0.5, 0.6) is 0 Å². The second-order valence-electron chi connectivity index (χ2n) is 4.76. The van der Waals surface area contributed by atoms with Crippen LogP contribution in [-0.4, -0.2) is 16.5 Å². The summed E-state index contributed by atoms with van der Waals surface area (Å²) in [6.45, 7) is 6.81. The average Bonchev–Trinajstić information content (AvgIpc) is 2.42. The lowest BCUT2D eigenvalue weighted by Gasteiger charge is -2.11. The van der Waals surface area contributed by atoms with Gasteiger partial charge in [-0.05, 0) is 31.9 Å². The van der Waals surface area contributed by atoms with Crippen LogP contribution in [0.1, 0.15) is 24.5 Å². The Bertz CT molecular complexity index is 598. The molecule has 20 heavy (non-hydrogen) atoms. The van der Waals surface area contributed by atoms with Crippen LogP contribution in [0.4, 0.5) is 21.8 Å². The molecule has 1 heterocycles. The second-order valence-corrected chi connectivity index (χ2v) is 4.76. The molecular formula is C15H19FN4. The maximum Gasteiger partial charge on any atom is 0.224 e. The number of benzene rings is 1. The highest BCUT2D eigenvalue weighted by molar-refractivity contribution is 5.61. The topological polar surface area (TPSA) is 49.8 Å². The number of hydrogen-bond acceptors (Lipinski definition) is 4. The van der Waals surface area contributed by atoms with Gasteiger partial charge in [0.25, 0.3) is 0 Å². The van der Waals surface area contributed by atoms with E-state index in [2.05, 4.69) is 20.6 Å². The van der Waals surface area contributed by atoms with Gasteiger partial charge in [-0.15, -0.1) is 0 Å². The number of rotatable bonds is 5. The molecule has 0 aliphatic heterocycles. The molecule has 0 amide bonds. The third-order valence-electron chi connectivity index (χ3n) is 2.91. The Kier molecular flexibility index (Phi) is 4.50. The molecule has 0 saturated carbocycles. The Labute approximate surface area is 118 Å². The van der Waals surface area contributed by atoms with Crippen molar-refractivity contribution in [1.82, 2.24) is 9.97 Å². The van der Waals surface area contributed by atoms with Crippen LogP contribution < -0.4 is 10.6 Å². The lowest BCUT2D eigenvalue weighted by Crippen LogP contribution is -2.07. The highest BCUT2D eigenvalue weighted by Crippen LogP contribution is 2.22. The standard InChI is InChI=1S/C15H19FN4/c1-4-7-17-15-18-9-12(16)14(20-15)19-13-6-5-10(2)8-11(13)3/h5-6,8-9H,4,7H2,1-3H3,(H2,17,18,19,20). The van der Waals surface area contributed by atoms with Crippen molar-refractivity contribution in [2.45, 2.75) is 27.2 Å². The molecule has 0 spiro atoms. The smallest absolute Gasteiger partial charge is 0.224 e. The van der Waals surface area contributed by atoms with Crippen molar-refractivity contribution in [3.8, 4) is 0 Å². The Balaban J connectivity index is 2.23. The van der Waals surface area contributed by atoms with Gasteiger partial charge in [0.05, 0.1) is 6.20 Å². The van der Waals surface area contributed by atoms with E-state index >= 15 is 0 Å². The predicted octanol–water partition coefficient (Wildman–Crippen LogP) is 3.80. The fraction of sp³-hybridized carbons (Fsp3) is 0.333. The van der Waals surface area contributed by atoms with Crippen LogP contribution in [0, 0.1) is 19.7 Å². The average molecular weight is 274 g/mol. The van der Waals surface area contributed by atoms with Gasteiger partial charge in [-0.2, -0.15) is 4.98 Å².